The first-order valence-corrected chi connectivity index (χ1v) is 7.62. The van der Waals surface area contributed by atoms with Gasteiger partial charge < -0.3 is 4.42 Å². The number of furan rings is 1. The summed E-state index contributed by atoms with van der Waals surface area (Å²) in [5.41, 5.74) is 4.93. The number of nitrogens with zero attached hydrogens (tertiary/aromatic N) is 2. The molecule has 0 saturated carbocycles. The van der Waals surface area contributed by atoms with Crippen LogP contribution in [0.15, 0.2) is 81.0 Å². The molecule has 0 radical (unpaired) electrons. The number of hydrogen-bond acceptors (Lipinski definition) is 4. The lowest BCUT2D eigenvalue weighted by molar-refractivity contribution is 0.526. The van der Waals surface area contributed by atoms with Gasteiger partial charge in [-0.3, -0.25) is 5.43 Å². The molecule has 3 aromatic rings. The van der Waals surface area contributed by atoms with E-state index in [-0.39, 0.29) is 0 Å². The molecular weight excluding hydrogens is 342 g/mol. The van der Waals surface area contributed by atoms with Crippen LogP contribution in [0.4, 0.5) is 5.82 Å². The standard InChI is InChI=1S/C17H14BrN3O/c18-14-8-9-17(19-12-14)21-20-16(11-15-7-4-10-22-15)13-5-2-1-3-6-13/h1-10,12H,11H2,(H,19,21)/b20-16-. The zero-order valence-electron chi connectivity index (χ0n) is 11.7. The molecule has 0 aliphatic heterocycles. The van der Waals surface area contributed by atoms with Crippen LogP contribution in [0, 0.1) is 0 Å². The minimum absolute atomic E-state index is 0.612. The maximum atomic E-state index is 5.42. The first kappa shape index (κ1) is 14.5. The summed E-state index contributed by atoms with van der Waals surface area (Å²) in [6.07, 6.45) is 4.01. The Morgan fingerprint density at radius 3 is 2.64 bits per heavy atom. The highest BCUT2D eigenvalue weighted by atomic mass is 79.9. The molecule has 4 nitrogen and oxygen atoms in total. The van der Waals surface area contributed by atoms with Gasteiger partial charge >= 0.3 is 0 Å². The first-order chi connectivity index (χ1) is 10.8. The van der Waals surface area contributed by atoms with Crippen molar-refractivity contribution >= 4 is 27.5 Å². The molecule has 1 aromatic carbocycles. The quantitative estimate of drug-likeness (QED) is 0.541. The van der Waals surface area contributed by atoms with Crippen molar-refractivity contribution in [1.29, 1.82) is 0 Å². The Bertz CT molecular complexity index is 737. The number of rotatable bonds is 5. The summed E-state index contributed by atoms with van der Waals surface area (Å²) in [5.74, 6) is 1.56. The van der Waals surface area contributed by atoms with Gasteiger partial charge in [0.1, 0.15) is 11.6 Å². The second-order valence-electron chi connectivity index (χ2n) is 4.65. The maximum Gasteiger partial charge on any atom is 0.146 e. The topological polar surface area (TPSA) is 50.4 Å². The number of halogens is 1. The summed E-state index contributed by atoms with van der Waals surface area (Å²) in [6, 6.07) is 17.6. The van der Waals surface area contributed by atoms with Crippen LogP contribution in [0.3, 0.4) is 0 Å². The Hall–Kier alpha value is -2.40. The van der Waals surface area contributed by atoms with E-state index in [0.717, 1.165) is 21.5 Å². The van der Waals surface area contributed by atoms with Crippen LogP contribution in [-0.4, -0.2) is 10.7 Å². The predicted octanol–water partition coefficient (Wildman–Crippen LogP) is 4.50. The van der Waals surface area contributed by atoms with E-state index in [4.69, 9.17) is 4.42 Å². The van der Waals surface area contributed by atoms with Crippen LogP contribution in [0.5, 0.6) is 0 Å². The van der Waals surface area contributed by atoms with Gasteiger partial charge in [-0.05, 0) is 45.8 Å². The van der Waals surface area contributed by atoms with Crippen molar-refractivity contribution in [3.05, 3.63) is 82.9 Å². The molecule has 0 atom stereocenters. The number of benzene rings is 1. The van der Waals surface area contributed by atoms with Crippen LogP contribution in [0.2, 0.25) is 0 Å². The molecule has 0 amide bonds. The smallest absolute Gasteiger partial charge is 0.146 e. The van der Waals surface area contributed by atoms with E-state index in [1.54, 1.807) is 12.5 Å². The third-order valence-electron chi connectivity index (χ3n) is 3.06. The Morgan fingerprint density at radius 1 is 1.09 bits per heavy atom. The molecule has 2 heterocycles. The first-order valence-electron chi connectivity index (χ1n) is 6.83. The zero-order chi connectivity index (χ0) is 15.2. The summed E-state index contributed by atoms with van der Waals surface area (Å²) in [7, 11) is 0. The van der Waals surface area contributed by atoms with E-state index >= 15 is 0 Å². The highest BCUT2D eigenvalue weighted by Gasteiger charge is 2.07. The molecule has 0 spiro atoms. The fourth-order valence-corrected chi connectivity index (χ4v) is 2.22. The average Bonchev–Trinajstić information content (AvgIpc) is 3.07. The second-order valence-corrected chi connectivity index (χ2v) is 5.57. The van der Waals surface area contributed by atoms with Gasteiger partial charge in [-0.2, -0.15) is 5.10 Å². The highest BCUT2D eigenvalue weighted by molar-refractivity contribution is 9.10. The van der Waals surface area contributed by atoms with E-state index in [2.05, 4.69) is 31.4 Å². The van der Waals surface area contributed by atoms with Crippen molar-refractivity contribution in [1.82, 2.24) is 4.98 Å². The van der Waals surface area contributed by atoms with E-state index in [1.807, 2.05) is 54.6 Å². The summed E-state index contributed by atoms with van der Waals surface area (Å²) in [5, 5.41) is 4.50. The second kappa shape index (κ2) is 7.04. The van der Waals surface area contributed by atoms with Crippen LogP contribution in [0.25, 0.3) is 0 Å². The number of pyridine rings is 1. The number of anilines is 1. The number of aromatic nitrogens is 1. The molecule has 2 aromatic heterocycles. The Kier molecular flexibility index (Phi) is 4.65. The molecule has 0 unspecified atom stereocenters. The molecule has 1 N–H and O–H groups in total. The largest absolute Gasteiger partial charge is 0.469 e. The molecule has 22 heavy (non-hydrogen) atoms. The Balaban J connectivity index is 1.84. The summed E-state index contributed by atoms with van der Waals surface area (Å²) in [4.78, 5) is 4.25. The minimum atomic E-state index is 0.612. The Labute approximate surface area is 137 Å². The molecule has 0 aliphatic carbocycles. The monoisotopic (exact) mass is 355 g/mol. The van der Waals surface area contributed by atoms with Crippen molar-refractivity contribution in [2.75, 3.05) is 5.43 Å². The lowest BCUT2D eigenvalue weighted by Crippen LogP contribution is -2.08. The summed E-state index contributed by atoms with van der Waals surface area (Å²) in [6.45, 7) is 0. The normalized spacial score (nSPS) is 11.4. The van der Waals surface area contributed by atoms with Gasteiger partial charge in [0, 0.05) is 10.7 Å². The van der Waals surface area contributed by atoms with Gasteiger partial charge in [0.15, 0.2) is 0 Å². The van der Waals surface area contributed by atoms with Crippen molar-refractivity contribution in [2.24, 2.45) is 5.10 Å². The number of hydrazone groups is 1. The molecular formula is C17H14BrN3O. The fraction of sp³-hybridized carbons (Fsp3) is 0.0588. The lowest BCUT2D eigenvalue weighted by Gasteiger charge is -2.06. The lowest BCUT2D eigenvalue weighted by atomic mass is 10.1. The van der Waals surface area contributed by atoms with Gasteiger partial charge in [-0.25, -0.2) is 4.98 Å². The third kappa shape index (κ3) is 3.83. The molecule has 3 rings (SSSR count). The van der Waals surface area contributed by atoms with Crippen molar-refractivity contribution < 1.29 is 4.42 Å². The average molecular weight is 356 g/mol. The van der Waals surface area contributed by atoms with E-state index in [0.29, 0.717) is 12.2 Å². The Morgan fingerprint density at radius 2 is 1.95 bits per heavy atom. The van der Waals surface area contributed by atoms with Crippen molar-refractivity contribution in [3.63, 3.8) is 0 Å². The van der Waals surface area contributed by atoms with Crippen LogP contribution >= 0.6 is 15.9 Å². The van der Waals surface area contributed by atoms with Gasteiger partial charge in [0.05, 0.1) is 18.4 Å². The third-order valence-corrected chi connectivity index (χ3v) is 3.53. The van der Waals surface area contributed by atoms with E-state index in [1.165, 1.54) is 0 Å². The van der Waals surface area contributed by atoms with Crippen molar-refractivity contribution in [3.8, 4) is 0 Å². The molecule has 110 valence electrons. The summed E-state index contributed by atoms with van der Waals surface area (Å²) < 4.78 is 6.35. The molecule has 0 fully saturated rings. The zero-order valence-corrected chi connectivity index (χ0v) is 13.3. The van der Waals surface area contributed by atoms with Crippen LogP contribution in [0.1, 0.15) is 11.3 Å². The molecule has 0 aliphatic rings. The van der Waals surface area contributed by atoms with Gasteiger partial charge in [-0.1, -0.05) is 30.3 Å². The number of hydrogen-bond donors (Lipinski definition) is 1. The van der Waals surface area contributed by atoms with Gasteiger partial charge in [-0.15, -0.1) is 0 Å². The summed E-state index contributed by atoms with van der Waals surface area (Å²) >= 11 is 3.36. The number of nitrogens with one attached hydrogen (secondary N) is 1. The molecule has 0 saturated heterocycles. The van der Waals surface area contributed by atoms with E-state index < -0.39 is 0 Å². The fourth-order valence-electron chi connectivity index (χ4n) is 1.98. The highest BCUT2D eigenvalue weighted by Crippen LogP contribution is 2.12. The SMILES string of the molecule is Brc1ccc(N/N=C(/Cc2ccco2)c2ccccc2)nc1. The van der Waals surface area contributed by atoms with Gasteiger partial charge in [0.2, 0.25) is 0 Å². The minimum Gasteiger partial charge on any atom is -0.469 e. The molecule has 5 heteroatoms. The van der Waals surface area contributed by atoms with Crippen molar-refractivity contribution in [2.45, 2.75) is 6.42 Å². The predicted molar refractivity (Wildman–Crippen MR) is 91.0 cm³/mol. The maximum absolute atomic E-state index is 5.42. The van der Waals surface area contributed by atoms with Gasteiger partial charge in [0.25, 0.3) is 0 Å². The molecule has 0 bridgehead atoms. The van der Waals surface area contributed by atoms with E-state index in [9.17, 15) is 0 Å². The van der Waals surface area contributed by atoms with Crippen LogP contribution in [-0.2, 0) is 6.42 Å². The van der Waals surface area contributed by atoms with Crippen LogP contribution < -0.4 is 5.43 Å².